The molecule has 1 heterocycles. The summed E-state index contributed by atoms with van der Waals surface area (Å²) in [4.78, 5) is 38.8. The Labute approximate surface area is 238 Å². The molecule has 36 heavy (non-hydrogen) atoms. The van der Waals surface area contributed by atoms with Crippen LogP contribution in [0.25, 0.3) is 6.08 Å². The Hall–Kier alpha value is -2.30. The first-order valence-electron chi connectivity index (χ1n) is 10.4. The van der Waals surface area contributed by atoms with Crippen LogP contribution in [0.5, 0.6) is 5.75 Å². The lowest BCUT2D eigenvalue weighted by Crippen LogP contribution is -2.36. The summed E-state index contributed by atoms with van der Waals surface area (Å²) in [5, 5.41) is 3.16. The number of benzene rings is 3. The van der Waals surface area contributed by atoms with E-state index in [1.54, 1.807) is 48.5 Å². The van der Waals surface area contributed by atoms with Crippen LogP contribution in [0.4, 0.5) is 10.5 Å². The van der Waals surface area contributed by atoms with E-state index in [2.05, 4.69) is 37.2 Å². The molecule has 0 unspecified atom stereocenters. The van der Waals surface area contributed by atoms with Gasteiger partial charge in [-0.3, -0.25) is 19.3 Å². The Morgan fingerprint density at radius 3 is 2.50 bits per heavy atom. The smallest absolute Gasteiger partial charge is 0.294 e. The van der Waals surface area contributed by atoms with Crippen LogP contribution in [-0.2, 0) is 16.2 Å². The summed E-state index contributed by atoms with van der Waals surface area (Å²) in [7, 11) is 0. The van der Waals surface area contributed by atoms with Crippen molar-refractivity contribution in [2.45, 2.75) is 6.61 Å². The molecule has 0 atom stereocenters. The first-order chi connectivity index (χ1) is 17.2. The van der Waals surface area contributed by atoms with Crippen LogP contribution in [-0.4, -0.2) is 28.5 Å². The minimum absolute atomic E-state index is 0.219. The lowest BCUT2D eigenvalue weighted by atomic mass is 10.2. The summed E-state index contributed by atoms with van der Waals surface area (Å²) in [6.45, 7) is -0.112. The van der Waals surface area contributed by atoms with Crippen molar-refractivity contribution in [3.8, 4) is 5.75 Å². The maximum Gasteiger partial charge on any atom is 0.294 e. The molecule has 3 aromatic carbocycles. The fraction of sp³-hybridized carbons (Fsp3) is 0.0800. The predicted octanol–water partition coefficient (Wildman–Crippen LogP) is 7.77. The fourth-order valence-electron chi connectivity index (χ4n) is 3.20. The van der Waals surface area contributed by atoms with E-state index in [1.807, 2.05) is 18.2 Å². The van der Waals surface area contributed by atoms with Crippen LogP contribution in [0.1, 0.15) is 11.1 Å². The van der Waals surface area contributed by atoms with Crippen molar-refractivity contribution in [2.24, 2.45) is 0 Å². The van der Waals surface area contributed by atoms with Crippen LogP contribution in [0.2, 0.25) is 10.0 Å². The third-order valence-corrected chi connectivity index (χ3v) is 8.10. The van der Waals surface area contributed by atoms with E-state index in [-0.39, 0.29) is 4.91 Å². The Balaban J connectivity index is 1.40. The third kappa shape index (κ3) is 6.52. The summed E-state index contributed by atoms with van der Waals surface area (Å²) in [6, 6.07) is 17.6. The van der Waals surface area contributed by atoms with Gasteiger partial charge in [-0.2, -0.15) is 0 Å². The van der Waals surface area contributed by atoms with E-state index in [4.69, 9.17) is 27.9 Å². The number of amides is 3. The second-order valence-electron chi connectivity index (χ2n) is 7.51. The SMILES string of the molecule is O=C(CN1C(=O)S/C(=C/c2ccc(OCc3ccccc3Cl)c(Br)c2)C1=O)Nc1ccc(Br)c(Cl)c1. The number of thioether (sulfide) groups is 1. The summed E-state index contributed by atoms with van der Waals surface area (Å²) in [6.07, 6.45) is 1.60. The maximum absolute atomic E-state index is 12.8. The number of carbonyl (C=O) groups excluding carboxylic acids is 3. The van der Waals surface area contributed by atoms with Gasteiger partial charge in [0.1, 0.15) is 18.9 Å². The number of nitrogens with zero attached hydrogens (tertiary/aromatic N) is 1. The Morgan fingerprint density at radius 2 is 1.78 bits per heavy atom. The van der Waals surface area contributed by atoms with Crippen molar-refractivity contribution in [1.82, 2.24) is 4.90 Å². The van der Waals surface area contributed by atoms with Gasteiger partial charge in [0, 0.05) is 20.7 Å². The van der Waals surface area contributed by atoms with Crippen LogP contribution in [0.3, 0.4) is 0 Å². The number of imide groups is 1. The second kappa shape index (κ2) is 11.8. The average Bonchev–Trinajstić information content (AvgIpc) is 3.09. The van der Waals surface area contributed by atoms with Gasteiger partial charge in [0.25, 0.3) is 11.1 Å². The molecule has 1 aliphatic heterocycles. The zero-order valence-corrected chi connectivity index (χ0v) is 23.8. The minimum Gasteiger partial charge on any atom is -0.488 e. The van der Waals surface area contributed by atoms with E-state index >= 15 is 0 Å². The zero-order valence-electron chi connectivity index (χ0n) is 18.3. The van der Waals surface area contributed by atoms with Crippen molar-refractivity contribution < 1.29 is 19.1 Å². The van der Waals surface area contributed by atoms with Crippen molar-refractivity contribution in [2.75, 3.05) is 11.9 Å². The van der Waals surface area contributed by atoms with Crippen molar-refractivity contribution in [3.63, 3.8) is 0 Å². The van der Waals surface area contributed by atoms with E-state index in [9.17, 15) is 14.4 Å². The second-order valence-corrected chi connectivity index (χ2v) is 11.0. The summed E-state index contributed by atoms with van der Waals surface area (Å²) < 4.78 is 7.21. The monoisotopic (exact) mass is 668 g/mol. The number of anilines is 1. The number of hydrogen-bond acceptors (Lipinski definition) is 5. The summed E-state index contributed by atoms with van der Waals surface area (Å²) in [5.41, 5.74) is 2.00. The molecule has 1 N–H and O–H groups in total. The van der Waals surface area contributed by atoms with Crippen molar-refractivity contribution in [1.29, 1.82) is 0 Å². The van der Waals surface area contributed by atoms with Gasteiger partial charge in [0.15, 0.2) is 0 Å². The third-order valence-electron chi connectivity index (χ3n) is 4.97. The zero-order chi connectivity index (χ0) is 25.8. The molecule has 0 radical (unpaired) electrons. The highest BCUT2D eigenvalue weighted by atomic mass is 79.9. The highest BCUT2D eigenvalue weighted by molar-refractivity contribution is 9.10. The molecule has 0 bridgehead atoms. The molecule has 184 valence electrons. The van der Waals surface area contributed by atoms with Gasteiger partial charge in [0.2, 0.25) is 5.91 Å². The van der Waals surface area contributed by atoms with Crippen LogP contribution >= 0.6 is 66.8 Å². The normalized spacial score (nSPS) is 14.4. The van der Waals surface area contributed by atoms with E-state index in [0.29, 0.717) is 42.6 Å². The van der Waals surface area contributed by atoms with E-state index in [1.165, 1.54) is 0 Å². The predicted molar refractivity (Wildman–Crippen MR) is 150 cm³/mol. The highest BCUT2D eigenvalue weighted by Crippen LogP contribution is 2.34. The topological polar surface area (TPSA) is 75.7 Å². The lowest BCUT2D eigenvalue weighted by molar-refractivity contribution is -0.127. The van der Waals surface area contributed by atoms with Gasteiger partial charge in [-0.15, -0.1) is 0 Å². The molecule has 1 saturated heterocycles. The largest absolute Gasteiger partial charge is 0.488 e. The molecule has 0 spiro atoms. The molecule has 3 amide bonds. The Morgan fingerprint density at radius 1 is 1.00 bits per heavy atom. The quantitative estimate of drug-likeness (QED) is 0.260. The highest BCUT2D eigenvalue weighted by Gasteiger charge is 2.36. The van der Waals surface area contributed by atoms with Gasteiger partial charge in [-0.05, 0) is 91.7 Å². The first kappa shape index (κ1) is 26.8. The molecule has 11 heteroatoms. The molecule has 0 saturated carbocycles. The number of halogens is 4. The van der Waals surface area contributed by atoms with Gasteiger partial charge >= 0.3 is 0 Å². The van der Waals surface area contributed by atoms with E-state index in [0.717, 1.165) is 22.2 Å². The molecule has 0 aromatic heterocycles. The number of carbonyl (C=O) groups is 3. The number of rotatable bonds is 7. The molecular formula is C25H16Br2Cl2N2O4S. The molecule has 4 rings (SSSR count). The van der Waals surface area contributed by atoms with Gasteiger partial charge < -0.3 is 10.1 Å². The molecule has 1 fully saturated rings. The lowest BCUT2D eigenvalue weighted by Gasteiger charge is -2.13. The van der Waals surface area contributed by atoms with Crippen LogP contribution in [0.15, 0.2) is 74.5 Å². The number of ether oxygens (including phenoxy) is 1. The Kier molecular flexibility index (Phi) is 8.79. The minimum atomic E-state index is -0.538. The molecule has 0 aliphatic carbocycles. The van der Waals surface area contributed by atoms with Gasteiger partial charge in [-0.1, -0.05) is 47.5 Å². The fourth-order valence-corrected chi connectivity index (χ4v) is 5.17. The van der Waals surface area contributed by atoms with Gasteiger partial charge in [-0.25, -0.2) is 0 Å². The number of nitrogens with one attached hydrogen (secondary N) is 1. The van der Waals surface area contributed by atoms with Gasteiger partial charge in [0.05, 0.1) is 14.4 Å². The van der Waals surface area contributed by atoms with E-state index < -0.39 is 23.6 Å². The summed E-state index contributed by atoms with van der Waals surface area (Å²) in [5.74, 6) is -0.450. The molecule has 3 aromatic rings. The van der Waals surface area contributed by atoms with Crippen molar-refractivity contribution in [3.05, 3.63) is 95.7 Å². The molecular weight excluding hydrogens is 655 g/mol. The molecule has 6 nitrogen and oxygen atoms in total. The average molecular weight is 671 g/mol. The summed E-state index contributed by atoms with van der Waals surface area (Å²) >= 11 is 19.7. The van der Waals surface area contributed by atoms with Crippen molar-refractivity contribution >= 4 is 95.6 Å². The van der Waals surface area contributed by atoms with Crippen LogP contribution < -0.4 is 10.1 Å². The standard InChI is InChI=1S/C25H16Br2Cl2N2O4S/c26-17-7-6-16(11-20(17)29)30-23(32)12-31-24(33)22(36-25(31)34)10-14-5-8-21(18(27)9-14)35-13-15-3-1-2-4-19(15)28/h1-11H,12-13H2,(H,30,32)/b22-10+. The van der Waals surface area contributed by atoms with Crippen LogP contribution in [0, 0.1) is 0 Å². The Bertz CT molecular complexity index is 1400. The number of hydrogen-bond donors (Lipinski definition) is 1. The maximum atomic E-state index is 12.8. The molecule has 1 aliphatic rings. The first-order valence-corrected chi connectivity index (χ1v) is 13.5.